The van der Waals surface area contributed by atoms with Crippen LogP contribution in [0.5, 0.6) is 0 Å². The molecule has 0 aliphatic heterocycles. The molecule has 0 unspecified atom stereocenters. The maximum atomic E-state index is 12.7. The van der Waals surface area contributed by atoms with Crippen LogP contribution in [0.4, 0.5) is 8.78 Å². The highest BCUT2D eigenvalue weighted by atomic mass is 35.5. The zero-order chi connectivity index (χ0) is 16.1. The Morgan fingerprint density at radius 3 is 2.73 bits per heavy atom. The number of aromatic nitrogens is 2. The maximum Gasteiger partial charge on any atom is 0.319 e. The van der Waals surface area contributed by atoms with Gasteiger partial charge in [-0.1, -0.05) is 11.6 Å². The van der Waals surface area contributed by atoms with Gasteiger partial charge in [0.1, 0.15) is 5.82 Å². The van der Waals surface area contributed by atoms with Gasteiger partial charge in [0.15, 0.2) is 0 Å². The third kappa shape index (κ3) is 4.45. The summed E-state index contributed by atoms with van der Waals surface area (Å²) in [7, 11) is 1.56. The van der Waals surface area contributed by atoms with E-state index >= 15 is 0 Å². The van der Waals surface area contributed by atoms with Crippen molar-refractivity contribution < 1.29 is 13.6 Å². The molecule has 0 aliphatic carbocycles. The second-order valence-corrected chi connectivity index (χ2v) is 6.01. The fraction of sp³-hybridized carbons (Fsp3) is 0.286. The average molecular weight is 346 g/mol. The van der Waals surface area contributed by atoms with Crippen molar-refractivity contribution in [3.8, 4) is 0 Å². The third-order valence-electron chi connectivity index (χ3n) is 2.94. The number of benzene rings is 1. The Bertz CT molecular complexity index is 633. The first kappa shape index (κ1) is 16.8. The van der Waals surface area contributed by atoms with Crippen LogP contribution in [0.15, 0.2) is 41.6 Å². The van der Waals surface area contributed by atoms with Gasteiger partial charge in [-0.2, -0.15) is 8.78 Å². The molecule has 0 spiro atoms. The van der Waals surface area contributed by atoms with Crippen molar-refractivity contribution in [3.63, 3.8) is 0 Å². The van der Waals surface area contributed by atoms with E-state index in [0.717, 1.165) is 9.46 Å². The number of halogens is 3. The van der Waals surface area contributed by atoms with Crippen molar-refractivity contribution in [3.05, 3.63) is 47.5 Å². The second-order valence-electron chi connectivity index (χ2n) is 4.52. The van der Waals surface area contributed by atoms with Gasteiger partial charge in [0, 0.05) is 29.4 Å². The molecule has 1 amide bonds. The Balaban J connectivity index is 1.89. The summed E-state index contributed by atoms with van der Waals surface area (Å²) in [6.07, 6.45) is 2.49. The van der Waals surface area contributed by atoms with Gasteiger partial charge in [-0.05, 0) is 24.3 Å². The van der Waals surface area contributed by atoms with Crippen LogP contribution < -0.4 is 0 Å². The first-order valence-corrected chi connectivity index (χ1v) is 7.76. The minimum atomic E-state index is -2.66. The highest BCUT2D eigenvalue weighted by molar-refractivity contribution is 8.00. The van der Waals surface area contributed by atoms with Gasteiger partial charge in [0.2, 0.25) is 5.91 Å². The highest BCUT2D eigenvalue weighted by Crippen LogP contribution is 2.21. The Hall–Kier alpha value is -1.60. The largest absolute Gasteiger partial charge is 0.338 e. The maximum absolute atomic E-state index is 12.7. The Labute approximate surface area is 136 Å². The summed E-state index contributed by atoms with van der Waals surface area (Å²) >= 11 is 7.15. The minimum Gasteiger partial charge on any atom is -0.338 e. The monoisotopic (exact) mass is 345 g/mol. The lowest BCUT2D eigenvalue weighted by Gasteiger charge is -2.17. The molecule has 0 bridgehead atoms. The van der Waals surface area contributed by atoms with Gasteiger partial charge < -0.3 is 4.90 Å². The molecule has 0 aliphatic rings. The number of hydrogen-bond acceptors (Lipinski definition) is 3. The normalized spacial score (nSPS) is 11.0. The van der Waals surface area contributed by atoms with E-state index in [4.69, 9.17) is 11.6 Å². The molecule has 2 aromatic rings. The number of carbonyl (C=O) groups excluding carboxylic acids is 1. The number of hydrogen-bond donors (Lipinski definition) is 0. The third-order valence-corrected chi connectivity index (χ3v) is 4.19. The molecule has 1 heterocycles. The SMILES string of the molecule is CN(Cc1nccn1C(F)F)C(=O)CSc1ccc(Cl)cc1. The topological polar surface area (TPSA) is 38.1 Å². The van der Waals surface area contributed by atoms with Crippen LogP contribution >= 0.6 is 23.4 Å². The summed E-state index contributed by atoms with van der Waals surface area (Å²) in [6, 6.07) is 7.14. The lowest BCUT2D eigenvalue weighted by Crippen LogP contribution is -2.29. The number of amides is 1. The predicted octanol–water partition coefficient (Wildman–Crippen LogP) is 3.68. The van der Waals surface area contributed by atoms with Gasteiger partial charge >= 0.3 is 6.55 Å². The zero-order valence-electron chi connectivity index (χ0n) is 11.7. The summed E-state index contributed by atoms with van der Waals surface area (Å²) in [5.41, 5.74) is 0. The van der Waals surface area contributed by atoms with Crippen molar-refractivity contribution in [2.24, 2.45) is 0 Å². The first-order valence-electron chi connectivity index (χ1n) is 6.39. The number of thioether (sulfide) groups is 1. The van der Waals surface area contributed by atoms with Crippen LogP contribution in [0.2, 0.25) is 5.02 Å². The van der Waals surface area contributed by atoms with E-state index in [9.17, 15) is 13.6 Å². The number of carbonyl (C=O) groups is 1. The standard InChI is InChI=1S/C14H14ClF2N3OS/c1-19(8-12-18-6-7-20(12)14(16)17)13(21)9-22-11-4-2-10(15)3-5-11/h2-7,14H,8-9H2,1H3. The number of imidazole rings is 1. The van der Waals surface area contributed by atoms with Crippen molar-refractivity contribution in [2.75, 3.05) is 12.8 Å². The molecule has 4 nitrogen and oxygen atoms in total. The van der Waals surface area contributed by atoms with Gasteiger partial charge in [-0.25, -0.2) is 4.98 Å². The molecule has 0 radical (unpaired) electrons. The molecule has 0 saturated heterocycles. The van der Waals surface area contributed by atoms with Crippen LogP contribution in [0, 0.1) is 0 Å². The number of alkyl halides is 2. The van der Waals surface area contributed by atoms with Crippen LogP contribution in [0.25, 0.3) is 0 Å². The molecule has 0 saturated carbocycles. The summed E-state index contributed by atoms with van der Waals surface area (Å²) in [5, 5.41) is 0.631. The average Bonchev–Trinajstić information content (AvgIpc) is 2.94. The molecule has 8 heteroatoms. The molecule has 1 aromatic carbocycles. The molecular formula is C14H14ClF2N3OS. The van der Waals surface area contributed by atoms with Gasteiger partial charge in [-0.15, -0.1) is 11.8 Å². The van der Waals surface area contributed by atoms with E-state index in [-0.39, 0.29) is 24.0 Å². The fourth-order valence-corrected chi connectivity index (χ4v) is 2.70. The molecule has 0 N–H and O–H groups in total. The number of rotatable bonds is 6. The van der Waals surface area contributed by atoms with Crippen LogP contribution in [-0.4, -0.2) is 33.2 Å². The van der Waals surface area contributed by atoms with Crippen LogP contribution in [0.3, 0.4) is 0 Å². The molecule has 2 rings (SSSR count). The lowest BCUT2D eigenvalue weighted by molar-refractivity contribution is -0.127. The quantitative estimate of drug-likeness (QED) is 0.749. The highest BCUT2D eigenvalue weighted by Gasteiger charge is 2.16. The second kappa shape index (κ2) is 7.60. The zero-order valence-corrected chi connectivity index (χ0v) is 13.3. The Morgan fingerprint density at radius 1 is 1.41 bits per heavy atom. The minimum absolute atomic E-state index is 0.0390. The van der Waals surface area contributed by atoms with Crippen molar-refractivity contribution in [1.29, 1.82) is 0 Å². The molecule has 22 heavy (non-hydrogen) atoms. The number of nitrogens with zero attached hydrogens (tertiary/aromatic N) is 3. The summed E-state index contributed by atoms with van der Waals surface area (Å²) < 4.78 is 26.2. The van der Waals surface area contributed by atoms with E-state index in [1.165, 1.54) is 29.1 Å². The van der Waals surface area contributed by atoms with E-state index in [0.29, 0.717) is 5.02 Å². The van der Waals surface area contributed by atoms with Gasteiger partial charge in [0.25, 0.3) is 0 Å². The van der Waals surface area contributed by atoms with Crippen LogP contribution in [0.1, 0.15) is 12.4 Å². The summed E-state index contributed by atoms with van der Waals surface area (Å²) in [4.78, 5) is 18.2. The van der Waals surface area contributed by atoms with E-state index < -0.39 is 6.55 Å². The van der Waals surface area contributed by atoms with E-state index in [1.807, 2.05) is 12.1 Å². The summed E-state index contributed by atoms with van der Waals surface area (Å²) in [6.45, 7) is -2.62. The Kier molecular flexibility index (Phi) is 5.79. The summed E-state index contributed by atoms with van der Waals surface area (Å²) in [5.74, 6) is 0.208. The fourth-order valence-electron chi connectivity index (χ4n) is 1.73. The van der Waals surface area contributed by atoms with Crippen molar-refractivity contribution >= 4 is 29.3 Å². The van der Waals surface area contributed by atoms with Crippen molar-refractivity contribution in [1.82, 2.24) is 14.5 Å². The Morgan fingerprint density at radius 2 is 2.09 bits per heavy atom. The van der Waals surface area contributed by atoms with Gasteiger partial charge in [0.05, 0.1) is 12.3 Å². The first-order chi connectivity index (χ1) is 10.5. The molecule has 118 valence electrons. The van der Waals surface area contributed by atoms with Gasteiger partial charge in [-0.3, -0.25) is 9.36 Å². The lowest BCUT2D eigenvalue weighted by atomic mass is 10.4. The molecule has 1 aromatic heterocycles. The van der Waals surface area contributed by atoms with Crippen molar-refractivity contribution in [2.45, 2.75) is 18.0 Å². The van der Waals surface area contributed by atoms with Crippen LogP contribution in [-0.2, 0) is 11.3 Å². The smallest absolute Gasteiger partial charge is 0.319 e. The predicted molar refractivity (Wildman–Crippen MR) is 82.1 cm³/mol. The molecular weight excluding hydrogens is 332 g/mol. The van der Waals surface area contributed by atoms with E-state index in [2.05, 4.69) is 4.98 Å². The molecule has 0 atom stereocenters. The van der Waals surface area contributed by atoms with E-state index in [1.54, 1.807) is 19.2 Å². The molecule has 0 fully saturated rings.